The molecule has 98 heavy (non-hydrogen) atoms. The van der Waals surface area contributed by atoms with Crippen molar-refractivity contribution in [1.82, 2.24) is 14.1 Å². The van der Waals surface area contributed by atoms with Gasteiger partial charge in [-0.1, -0.05) is 237 Å². The normalized spacial score (nSPS) is 15.2. The quantitative estimate of drug-likeness (QED) is 0.107. The van der Waals surface area contributed by atoms with E-state index >= 15 is 0 Å². The third kappa shape index (κ3) is 11.4. The first-order valence-electron chi connectivity index (χ1n) is 41.8. The Hall–Kier alpha value is -10.5. The number of fused-ring (bicyclic) bond motifs is 10. The monoisotopic (exact) mass is 1470 g/mol. The third-order valence-electron chi connectivity index (χ3n) is 18.3. The number of aryl methyl sites for hydroxylation is 2. The summed E-state index contributed by atoms with van der Waals surface area (Å²) in [4.78, 5) is 4.90. The molecule has 5 nitrogen and oxygen atoms in total. The zero-order valence-electron chi connectivity index (χ0n) is 74.3. The Labute approximate surface area is 617 Å². The van der Waals surface area contributed by atoms with Crippen LogP contribution < -0.4 is 9.30 Å². The van der Waals surface area contributed by atoms with Gasteiger partial charge in [0.05, 0.1) is 34.5 Å². The van der Waals surface area contributed by atoms with Gasteiger partial charge in [0.25, 0.3) is 6.33 Å². The predicted octanol–water partition coefficient (Wildman–Crippen LogP) is 23.7. The average molecular weight is 1470 g/mol. The fraction of sp³-hybridized carbons (Fsp3) is 0.152. The van der Waals surface area contributed by atoms with Crippen molar-refractivity contribution >= 4 is 32.8 Å². The van der Waals surface area contributed by atoms with Gasteiger partial charge in [-0.25, -0.2) is 4.98 Å². The van der Waals surface area contributed by atoms with Gasteiger partial charge in [0.1, 0.15) is 5.82 Å². The number of nitrogens with zero attached hydrogens (tertiary/aromatic N) is 4. The topological polar surface area (TPSA) is 35.9 Å². The number of benzene rings is 12. The molecule has 0 fully saturated rings. The molecule has 0 bridgehead atoms. The molecule has 6 heteroatoms. The Bertz CT molecular complexity index is 6490. The molecule has 1 aliphatic heterocycles. The molecule has 4 heterocycles. The van der Waals surface area contributed by atoms with Crippen LogP contribution in [0.2, 0.25) is 0 Å². The number of hydrogen-bond acceptors (Lipinski definition) is 2. The molecule has 0 saturated carbocycles. The van der Waals surface area contributed by atoms with Crippen LogP contribution in [-0.2, 0) is 37.3 Å². The van der Waals surface area contributed by atoms with Crippen LogP contribution in [0.3, 0.4) is 0 Å². The first-order valence-corrected chi connectivity index (χ1v) is 32.3. The number of para-hydroxylation sites is 1. The van der Waals surface area contributed by atoms with E-state index in [4.69, 9.17) is 26.2 Å². The second-order valence-electron chi connectivity index (χ2n) is 27.8. The second-order valence-corrected chi connectivity index (χ2v) is 27.8. The molecular formula is C92H76N4OPt-2. The zero-order chi connectivity index (χ0) is 83.0. The Kier molecular flexibility index (Phi) is 11.3. The summed E-state index contributed by atoms with van der Waals surface area (Å²) in [5, 5.41) is 1.86. The molecular weight excluding hydrogens is 1370 g/mol. The van der Waals surface area contributed by atoms with Crippen molar-refractivity contribution in [1.29, 1.82) is 0 Å². The van der Waals surface area contributed by atoms with Gasteiger partial charge in [0.15, 0.2) is 0 Å². The molecule has 0 atom stereocenters. The van der Waals surface area contributed by atoms with Crippen LogP contribution in [-0.4, -0.2) is 14.1 Å². The van der Waals surface area contributed by atoms with Crippen LogP contribution >= 0.6 is 0 Å². The van der Waals surface area contributed by atoms with Gasteiger partial charge in [-0.15, -0.1) is 29.7 Å². The van der Waals surface area contributed by atoms with Gasteiger partial charge >= 0.3 is 0 Å². The van der Waals surface area contributed by atoms with E-state index in [0.29, 0.717) is 78.5 Å². The van der Waals surface area contributed by atoms with E-state index in [2.05, 4.69) is 116 Å². The first-order chi connectivity index (χ1) is 54.6. The van der Waals surface area contributed by atoms with Crippen molar-refractivity contribution in [3.63, 3.8) is 0 Å². The summed E-state index contributed by atoms with van der Waals surface area (Å²) in [6.45, 7) is 13.5. The molecule has 0 amide bonds. The van der Waals surface area contributed by atoms with E-state index in [9.17, 15) is 9.60 Å². The maximum Gasteiger partial charge on any atom is 0.268 e. The molecule has 1 aliphatic rings. The first kappa shape index (κ1) is 45.1. The summed E-state index contributed by atoms with van der Waals surface area (Å²) in [7, 11) is 0. The predicted molar refractivity (Wildman–Crippen MR) is 403 cm³/mol. The van der Waals surface area contributed by atoms with Gasteiger partial charge in [-0.05, 0) is 212 Å². The number of rotatable bonds is 9. The number of hydrogen-bond donors (Lipinski definition) is 0. The molecule has 0 unspecified atom stereocenters. The van der Waals surface area contributed by atoms with Gasteiger partial charge < -0.3 is 13.9 Å². The second kappa shape index (κ2) is 24.6. The van der Waals surface area contributed by atoms with Crippen LogP contribution in [0.25, 0.3) is 139 Å². The Morgan fingerprint density at radius 3 is 1.61 bits per heavy atom. The van der Waals surface area contributed by atoms with Crippen LogP contribution in [0.5, 0.6) is 11.5 Å². The molecule has 0 saturated heterocycles. The summed E-state index contributed by atoms with van der Waals surface area (Å²) in [6.07, 6.45) is 5.63. The largest absolute Gasteiger partial charge is 0.510 e. The molecule has 0 spiro atoms. The Morgan fingerprint density at radius 2 is 0.990 bits per heavy atom. The molecule has 16 rings (SSSR count). The molecule has 15 aromatic rings. The van der Waals surface area contributed by atoms with Gasteiger partial charge in [0, 0.05) is 52.5 Å². The minimum Gasteiger partial charge on any atom is -0.510 e. The van der Waals surface area contributed by atoms with E-state index in [1.54, 1.807) is 41.1 Å². The van der Waals surface area contributed by atoms with Crippen molar-refractivity contribution in [2.24, 2.45) is 0 Å². The van der Waals surface area contributed by atoms with E-state index in [1.165, 1.54) is 18.2 Å². The average Bonchev–Trinajstić information content (AvgIpc) is 1.70. The summed E-state index contributed by atoms with van der Waals surface area (Å²) >= 11 is 0. The summed E-state index contributed by atoms with van der Waals surface area (Å²) in [5.41, 5.74) is 6.61. The van der Waals surface area contributed by atoms with E-state index in [-0.39, 0.29) is 71.1 Å². The molecule has 12 aromatic carbocycles. The van der Waals surface area contributed by atoms with E-state index in [1.807, 2.05) is 102 Å². The van der Waals surface area contributed by atoms with Crippen LogP contribution in [0.1, 0.15) is 116 Å². The number of imidazole rings is 1. The smallest absolute Gasteiger partial charge is 0.268 e. The van der Waals surface area contributed by atoms with Crippen LogP contribution in [0.15, 0.2) is 261 Å². The molecule has 482 valence electrons. The summed E-state index contributed by atoms with van der Waals surface area (Å²) < 4.78 is 189. The van der Waals surface area contributed by atoms with Crippen molar-refractivity contribution in [3.8, 4) is 118 Å². The maximum absolute atomic E-state index is 10.6. The van der Waals surface area contributed by atoms with Gasteiger partial charge in [-0.3, -0.25) is 4.57 Å². The maximum atomic E-state index is 10.6. The fourth-order valence-corrected chi connectivity index (χ4v) is 13.3. The Balaban J connectivity index is 0.0000107. The van der Waals surface area contributed by atoms with Crippen molar-refractivity contribution in [2.75, 3.05) is 0 Å². The number of aromatic nitrogens is 4. The third-order valence-corrected chi connectivity index (χ3v) is 18.3. The van der Waals surface area contributed by atoms with Gasteiger partial charge in [-0.2, -0.15) is 18.2 Å². The Morgan fingerprint density at radius 1 is 0.439 bits per heavy atom. The van der Waals surface area contributed by atoms with Crippen LogP contribution in [0, 0.1) is 32.2 Å². The molecule has 0 N–H and O–H groups in total. The minimum absolute atomic E-state index is 0. The van der Waals surface area contributed by atoms with Crippen molar-refractivity contribution < 1.29 is 56.4 Å². The standard InChI is InChI=1S/C92H76N4O.Pt/c1-58-26-24-27-59(2)87(58)67-50-80(66-47-69(91(6,7)8)53-70(48-66)92(9,10)11)88-81(51-67)76-36-20-18-34-74(76)75-35-19-21-37-77(75)82-49-65(64-45-62(60-28-14-12-15-29-60)44-63(46-64)61-30-16-13-17-31-61)52-85-89(82)95(88)57-94(85)71-32-25-33-72(55-71)97-73-40-41-79-78-38-22-23-39-83(78)96(84(79)56-73)86-54-68(42-43-93-86)90(3,4)5;/h12-54H,1-11H3;/q-2;/i1D3,2D3,12D,13D,14D,15D,16D,17D,28D,29D,30D,31D,44D,45D,46D;. The van der Waals surface area contributed by atoms with E-state index in [0.717, 1.165) is 33.0 Å². The SMILES string of the molecule is [2H]c1c([2H])c([2H])c(-c2c([2H])c(-c3cc4c5c(c3)n(-c3[c-]c(Oc6[c-]c7c(cc6)c6ccccc6n7-c6cc(C(C)(C)C)ccn6)ccc3)[c-][n+]5-c3c(-c5cc(C(C)(C)C)cc(C(C)(C)C)c5)cc(-c5c(C([2H])([2H])[2H])cccc5C([2H])([2H])[2H])cc3-c3ccccc3-c3ccccc3-4)c([2H])c(-c3c([2H])c([2H])c([2H])c([2H])c3[2H])c2[2H])c([2H])c1[2H].[Pt]. The molecule has 3 aromatic heterocycles. The zero-order valence-corrected chi connectivity index (χ0v) is 57.6. The summed E-state index contributed by atoms with van der Waals surface area (Å²) in [6, 6.07) is 51.3. The minimum atomic E-state index is -2.83. The van der Waals surface area contributed by atoms with Crippen molar-refractivity contribution in [2.45, 2.75) is 92.3 Å². The number of ether oxygens (including phenoxy) is 1. The number of pyridine rings is 1. The molecule has 0 radical (unpaired) electrons. The van der Waals surface area contributed by atoms with Gasteiger partial charge in [0.2, 0.25) is 0 Å². The van der Waals surface area contributed by atoms with Crippen LogP contribution in [0.4, 0.5) is 0 Å². The fourth-order valence-electron chi connectivity index (χ4n) is 13.3. The molecule has 0 aliphatic carbocycles. The van der Waals surface area contributed by atoms with E-state index < -0.39 is 125 Å². The summed E-state index contributed by atoms with van der Waals surface area (Å²) in [5.74, 6) is 1.21. The van der Waals surface area contributed by atoms with Crippen molar-refractivity contribution in [3.05, 3.63) is 307 Å².